The maximum atomic E-state index is 12.9. The Kier molecular flexibility index (Phi) is 6.72. The van der Waals surface area contributed by atoms with Gasteiger partial charge in [-0.05, 0) is 47.5 Å². The summed E-state index contributed by atoms with van der Waals surface area (Å²) in [5, 5.41) is 4.11. The Hall–Kier alpha value is -2.35. The van der Waals surface area contributed by atoms with Crippen LogP contribution >= 0.6 is 22.7 Å². The van der Waals surface area contributed by atoms with Crippen LogP contribution < -0.4 is 9.47 Å². The smallest absolute Gasteiger partial charge is 0.264 e. The van der Waals surface area contributed by atoms with E-state index in [0.717, 1.165) is 54.5 Å². The van der Waals surface area contributed by atoms with Crippen molar-refractivity contribution in [1.29, 1.82) is 0 Å². The van der Waals surface area contributed by atoms with E-state index in [4.69, 9.17) is 9.47 Å². The molecule has 1 saturated heterocycles. The number of nitrogens with zero attached hydrogens (tertiary/aromatic N) is 2. The van der Waals surface area contributed by atoms with E-state index in [0.29, 0.717) is 12.4 Å². The molecule has 0 spiro atoms. The number of thiophene rings is 2. The van der Waals surface area contributed by atoms with E-state index < -0.39 is 0 Å². The average molecular weight is 443 g/mol. The standard InChI is InChI=1S/C23H26N2O3S2/c1-17-5-6-20(21(12-17)27-2)28-15-18-13-22(30-16-18)23(26)25-9-7-24(8-10-25)14-19-4-3-11-29-19/h3-6,11-13,16H,7-10,14-15H2,1-2H3. The minimum atomic E-state index is 0.120. The van der Waals surface area contributed by atoms with Crippen LogP contribution in [0.5, 0.6) is 11.5 Å². The third kappa shape index (κ3) is 5.03. The summed E-state index contributed by atoms with van der Waals surface area (Å²) in [5.41, 5.74) is 2.13. The SMILES string of the molecule is COc1cc(C)ccc1OCc1csc(C(=O)N2CCN(Cc3cccs3)CC2)c1. The van der Waals surface area contributed by atoms with Crippen molar-refractivity contribution in [2.75, 3.05) is 33.3 Å². The van der Waals surface area contributed by atoms with Crippen LogP contribution in [-0.4, -0.2) is 49.0 Å². The molecule has 0 radical (unpaired) electrons. The Morgan fingerprint density at radius 1 is 1.07 bits per heavy atom. The van der Waals surface area contributed by atoms with Gasteiger partial charge in [-0.1, -0.05) is 12.1 Å². The normalized spacial score (nSPS) is 14.7. The second-order valence-electron chi connectivity index (χ2n) is 7.41. The number of hydrogen-bond donors (Lipinski definition) is 0. The lowest BCUT2D eigenvalue weighted by Gasteiger charge is -2.34. The lowest BCUT2D eigenvalue weighted by atomic mass is 10.2. The number of amides is 1. The fourth-order valence-corrected chi connectivity index (χ4v) is 5.12. The van der Waals surface area contributed by atoms with Gasteiger partial charge in [0.25, 0.3) is 5.91 Å². The number of rotatable bonds is 7. The minimum absolute atomic E-state index is 0.120. The molecule has 2 aromatic heterocycles. The highest BCUT2D eigenvalue weighted by atomic mass is 32.1. The topological polar surface area (TPSA) is 42.0 Å². The first-order chi connectivity index (χ1) is 14.6. The van der Waals surface area contributed by atoms with Crippen LogP contribution in [0, 0.1) is 6.92 Å². The predicted molar refractivity (Wildman–Crippen MR) is 122 cm³/mol. The molecular weight excluding hydrogens is 416 g/mol. The molecular formula is C23H26N2O3S2. The third-order valence-corrected chi connectivity index (χ3v) is 7.03. The van der Waals surface area contributed by atoms with Crippen LogP contribution in [0.2, 0.25) is 0 Å². The van der Waals surface area contributed by atoms with E-state index in [1.165, 1.54) is 16.2 Å². The van der Waals surface area contributed by atoms with E-state index in [1.54, 1.807) is 18.4 Å². The van der Waals surface area contributed by atoms with Crippen molar-refractivity contribution in [2.24, 2.45) is 0 Å². The zero-order chi connectivity index (χ0) is 20.9. The van der Waals surface area contributed by atoms with Crippen molar-refractivity contribution >= 4 is 28.6 Å². The number of carbonyl (C=O) groups is 1. The molecule has 0 aliphatic carbocycles. The van der Waals surface area contributed by atoms with Crippen molar-refractivity contribution in [3.05, 3.63) is 68.0 Å². The second kappa shape index (κ2) is 9.64. The van der Waals surface area contributed by atoms with Crippen molar-refractivity contribution in [3.8, 4) is 11.5 Å². The Bertz CT molecular complexity index is 976. The molecule has 1 aliphatic heterocycles. The van der Waals surface area contributed by atoms with Gasteiger partial charge in [-0.15, -0.1) is 22.7 Å². The fraction of sp³-hybridized carbons (Fsp3) is 0.348. The van der Waals surface area contributed by atoms with Crippen molar-refractivity contribution in [1.82, 2.24) is 9.80 Å². The number of benzene rings is 1. The molecule has 30 heavy (non-hydrogen) atoms. The van der Waals surface area contributed by atoms with E-state index in [-0.39, 0.29) is 5.91 Å². The lowest BCUT2D eigenvalue weighted by Crippen LogP contribution is -2.48. The van der Waals surface area contributed by atoms with Crippen molar-refractivity contribution in [2.45, 2.75) is 20.1 Å². The Labute approximate surface area is 185 Å². The molecule has 0 saturated carbocycles. The van der Waals surface area contributed by atoms with Gasteiger partial charge in [-0.3, -0.25) is 9.69 Å². The second-order valence-corrected chi connectivity index (χ2v) is 9.35. The van der Waals surface area contributed by atoms with Gasteiger partial charge >= 0.3 is 0 Å². The lowest BCUT2D eigenvalue weighted by molar-refractivity contribution is 0.0634. The quantitative estimate of drug-likeness (QED) is 0.534. The Morgan fingerprint density at radius 3 is 2.63 bits per heavy atom. The van der Waals surface area contributed by atoms with Gasteiger partial charge in [0.1, 0.15) is 6.61 Å². The molecule has 3 aromatic rings. The van der Waals surface area contributed by atoms with Gasteiger partial charge in [-0.2, -0.15) is 0 Å². The number of carbonyl (C=O) groups excluding carboxylic acids is 1. The number of hydrogen-bond acceptors (Lipinski definition) is 6. The Morgan fingerprint density at radius 2 is 1.90 bits per heavy atom. The first kappa shape index (κ1) is 20.9. The van der Waals surface area contributed by atoms with Gasteiger partial charge < -0.3 is 14.4 Å². The molecule has 1 aromatic carbocycles. The summed E-state index contributed by atoms with van der Waals surface area (Å²) < 4.78 is 11.3. The number of ether oxygens (including phenoxy) is 2. The number of methoxy groups -OCH3 is 1. The van der Waals surface area contributed by atoms with Gasteiger partial charge in [-0.25, -0.2) is 0 Å². The van der Waals surface area contributed by atoms with Crippen LogP contribution in [0.4, 0.5) is 0 Å². The van der Waals surface area contributed by atoms with Gasteiger partial charge in [0, 0.05) is 43.2 Å². The molecule has 7 heteroatoms. The molecule has 0 atom stereocenters. The Balaban J connectivity index is 1.30. The maximum absolute atomic E-state index is 12.9. The van der Waals surface area contributed by atoms with E-state index in [2.05, 4.69) is 22.4 Å². The summed E-state index contributed by atoms with van der Waals surface area (Å²) >= 11 is 3.28. The zero-order valence-corrected chi connectivity index (χ0v) is 18.9. The number of aryl methyl sites for hydroxylation is 1. The van der Waals surface area contributed by atoms with Gasteiger partial charge in [0.05, 0.1) is 12.0 Å². The molecule has 0 N–H and O–H groups in total. The molecule has 4 rings (SSSR count). The first-order valence-electron chi connectivity index (χ1n) is 10.0. The molecule has 1 amide bonds. The van der Waals surface area contributed by atoms with Gasteiger partial charge in [0.2, 0.25) is 0 Å². The van der Waals surface area contributed by atoms with Crippen LogP contribution in [0.3, 0.4) is 0 Å². The summed E-state index contributed by atoms with van der Waals surface area (Å²) in [6.45, 7) is 6.78. The fourth-order valence-electron chi connectivity index (χ4n) is 3.51. The highest BCUT2D eigenvalue weighted by Gasteiger charge is 2.23. The van der Waals surface area contributed by atoms with Crippen molar-refractivity contribution in [3.63, 3.8) is 0 Å². The van der Waals surface area contributed by atoms with Crippen LogP contribution in [0.1, 0.15) is 25.7 Å². The first-order valence-corrected chi connectivity index (χ1v) is 11.8. The number of piperazine rings is 1. The molecule has 5 nitrogen and oxygen atoms in total. The van der Waals surface area contributed by atoms with Crippen LogP contribution in [-0.2, 0) is 13.2 Å². The summed E-state index contributed by atoms with van der Waals surface area (Å²) in [5.74, 6) is 1.56. The summed E-state index contributed by atoms with van der Waals surface area (Å²) in [4.78, 5) is 19.4. The minimum Gasteiger partial charge on any atom is -0.493 e. The van der Waals surface area contributed by atoms with Gasteiger partial charge in [0.15, 0.2) is 11.5 Å². The molecule has 1 aliphatic rings. The van der Waals surface area contributed by atoms with E-state index in [1.807, 2.05) is 41.5 Å². The predicted octanol–water partition coefficient (Wildman–Crippen LogP) is 4.66. The van der Waals surface area contributed by atoms with Crippen LogP contribution in [0.25, 0.3) is 0 Å². The van der Waals surface area contributed by atoms with Crippen LogP contribution in [0.15, 0.2) is 47.2 Å². The molecule has 0 unspecified atom stereocenters. The largest absolute Gasteiger partial charge is 0.493 e. The maximum Gasteiger partial charge on any atom is 0.264 e. The molecule has 1 fully saturated rings. The van der Waals surface area contributed by atoms with E-state index in [9.17, 15) is 4.79 Å². The third-order valence-electron chi connectivity index (χ3n) is 5.20. The summed E-state index contributed by atoms with van der Waals surface area (Å²) in [6, 6.07) is 12.1. The monoisotopic (exact) mass is 442 g/mol. The molecule has 158 valence electrons. The summed E-state index contributed by atoms with van der Waals surface area (Å²) in [6.07, 6.45) is 0. The highest BCUT2D eigenvalue weighted by molar-refractivity contribution is 7.12. The molecule has 0 bridgehead atoms. The van der Waals surface area contributed by atoms with Crippen molar-refractivity contribution < 1.29 is 14.3 Å². The highest BCUT2D eigenvalue weighted by Crippen LogP contribution is 2.29. The van der Waals surface area contributed by atoms with E-state index >= 15 is 0 Å². The molecule has 3 heterocycles. The zero-order valence-electron chi connectivity index (χ0n) is 17.3. The summed E-state index contributed by atoms with van der Waals surface area (Å²) in [7, 11) is 1.64. The average Bonchev–Trinajstić information content (AvgIpc) is 3.45.